The normalized spacial score (nSPS) is 40.6. The van der Waals surface area contributed by atoms with E-state index in [1.54, 1.807) is 0 Å². The van der Waals surface area contributed by atoms with Crippen molar-refractivity contribution in [2.24, 2.45) is 17.3 Å². The molecule has 0 unspecified atom stereocenters. The first kappa shape index (κ1) is 6.21. The Morgan fingerprint density at radius 1 is 1.10 bits per heavy atom. The second kappa shape index (κ2) is 1.75. The van der Waals surface area contributed by atoms with Gasteiger partial charge in [-0.05, 0) is 23.7 Å². The minimum absolute atomic E-state index is 0.522. The van der Waals surface area contributed by atoms with E-state index in [2.05, 4.69) is 38.2 Å². The lowest BCUT2D eigenvalue weighted by molar-refractivity contribution is 0.229. The van der Waals surface area contributed by atoms with Crippen LogP contribution < -0.4 is 0 Å². The third-order valence-electron chi connectivity index (χ3n) is 2.80. The summed E-state index contributed by atoms with van der Waals surface area (Å²) in [5.41, 5.74) is 0.522. The Labute approximate surface area is 62.6 Å². The topological polar surface area (TPSA) is 0 Å². The number of hydrogen-bond acceptors (Lipinski definition) is 0. The number of allylic oxidation sites excluding steroid dienone is 4. The summed E-state index contributed by atoms with van der Waals surface area (Å²) in [5.74, 6) is 1.44. The number of fused-ring (bicyclic) bond motifs is 1. The van der Waals surface area contributed by atoms with E-state index in [0.29, 0.717) is 11.3 Å². The molecule has 0 radical (unpaired) electrons. The second-order valence-corrected chi connectivity index (χ2v) is 4.15. The molecule has 0 amide bonds. The monoisotopic (exact) mass is 134 g/mol. The third kappa shape index (κ3) is 0.749. The van der Waals surface area contributed by atoms with Gasteiger partial charge in [0.15, 0.2) is 0 Å². The van der Waals surface area contributed by atoms with E-state index in [0.717, 1.165) is 5.92 Å². The van der Waals surface area contributed by atoms with Crippen molar-refractivity contribution in [3.8, 4) is 0 Å². The van der Waals surface area contributed by atoms with Crippen molar-refractivity contribution in [1.82, 2.24) is 0 Å². The summed E-state index contributed by atoms with van der Waals surface area (Å²) in [5, 5.41) is 0. The van der Waals surface area contributed by atoms with Crippen molar-refractivity contribution in [2.45, 2.75) is 20.3 Å². The molecule has 3 aliphatic rings. The summed E-state index contributed by atoms with van der Waals surface area (Å²) in [6, 6.07) is 0. The van der Waals surface area contributed by atoms with E-state index in [1.165, 1.54) is 6.42 Å². The van der Waals surface area contributed by atoms with Gasteiger partial charge >= 0.3 is 0 Å². The predicted octanol–water partition coefficient (Wildman–Crippen LogP) is 2.77. The fourth-order valence-corrected chi connectivity index (χ4v) is 2.05. The summed E-state index contributed by atoms with van der Waals surface area (Å²) in [6.07, 6.45) is 10.7. The Morgan fingerprint density at radius 2 is 1.70 bits per heavy atom. The average molecular weight is 134 g/mol. The van der Waals surface area contributed by atoms with Crippen molar-refractivity contribution < 1.29 is 0 Å². The van der Waals surface area contributed by atoms with Crippen molar-refractivity contribution in [1.29, 1.82) is 0 Å². The summed E-state index contributed by atoms with van der Waals surface area (Å²) >= 11 is 0. The van der Waals surface area contributed by atoms with E-state index in [4.69, 9.17) is 0 Å². The molecule has 0 nitrogen and oxygen atoms in total. The Morgan fingerprint density at radius 3 is 1.90 bits per heavy atom. The molecule has 0 saturated carbocycles. The molecule has 0 aromatic carbocycles. The van der Waals surface area contributed by atoms with Gasteiger partial charge in [-0.15, -0.1) is 0 Å². The maximum Gasteiger partial charge on any atom is -0.000148 e. The van der Waals surface area contributed by atoms with Crippen LogP contribution in [0, 0.1) is 17.3 Å². The maximum absolute atomic E-state index is 2.36. The van der Waals surface area contributed by atoms with E-state index < -0.39 is 0 Å². The molecule has 3 aliphatic carbocycles. The molecule has 0 heterocycles. The smallest absolute Gasteiger partial charge is 0.000148 e. The largest absolute Gasteiger partial charge is 0.0810 e. The zero-order valence-electron chi connectivity index (χ0n) is 6.67. The van der Waals surface area contributed by atoms with Gasteiger partial charge < -0.3 is 0 Å². The Balaban J connectivity index is 2.36. The Bertz CT molecular complexity index is 182. The molecule has 0 aromatic rings. The van der Waals surface area contributed by atoms with E-state index in [1.807, 2.05) is 0 Å². The van der Waals surface area contributed by atoms with Crippen LogP contribution in [0.15, 0.2) is 24.3 Å². The van der Waals surface area contributed by atoms with Crippen LogP contribution in [0.1, 0.15) is 20.3 Å². The van der Waals surface area contributed by atoms with Gasteiger partial charge in [0.2, 0.25) is 0 Å². The summed E-state index contributed by atoms with van der Waals surface area (Å²) in [4.78, 5) is 0. The van der Waals surface area contributed by atoms with Crippen molar-refractivity contribution >= 4 is 0 Å². The minimum Gasteiger partial charge on any atom is -0.0810 e. The van der Waals surface area contributed by atoms with Crippen LogP contribution in [0.4, 0.5) is 0 Å². The molecule has 0 N–H and O–H groups in total. The lowest BCUT2D eigenvalue weighted by Gasteiger charge is -2.40. The fourth-order valence-electron chi connectivity index (χ4n) is 2.05. The molecule has 0 spiro atoms. The summed E-state index contributed by atoms with van der Waals surface area (Å²) in [7, 11) is 0. The summed E-state index contributed by atoms with van der Waals surface area (Å²) in [6.45, 7) is 4.72. The first-order valence-corrected chi connectivity index (χ1v) is 4.05. The molecule has 0 fully saturated rings. The highest BCUT2D eigenvalue weighted by atomic mass is 14.4. The fraction of sp³-hybridized carbons (Fsp3) is 0.600. The first-order valence-electron chi connectivity index (χ1n) is 4.05. The molecular formula is C10H14. The molecule has 3 rings (SSSR count). The first-order chi connectivity index (χ1) is 4.68. The van der Waals surface area contributed by atoms with Crippen molar-refractivity contribution in [3.63, 3.8) is 0 Å². The lowest BCUT2D eigenvalue weighted by atomic mass is 9.65. The molecule has 0 aliphatic heterocycles. The second-order valence-electron chi connectivity index (χ2n) is 4.15. The van der Waals surface area contributed by atoms with Crippen molar-refractivity contribution in [3.05, 3.63) is 24.3 Å². The zero-order valence-corrected chi connectivity index (χ0v) is 6.67. The van der Waals surface area contributed by atoms with E-state index in [-0.39, 0.29) is 0 Å². The standard InChI is InChI=1S/C10H14/c1-10(2)7-8-3-5-9(10)6-4-8/h3-6,8-9H,7H2,1-2H3. The van der Waals surface area contributed by atoms with Gasteiger partial charge in [0.25, 0.3) is 0 Å². The highest BCUT2D eigenvalue weighted by Gasteiger charge is 2.33. The predicted molar refractivity (Wildman–Crippen MR) is 43.7 cm³/mol. The van der Waals surface area contributed by atoms with Gasteiger partial charge in [-0.2, -0.15) is 0 Å². The van der Waals surface area contributed by atoms with Crippen LogP contribution in [0.2, 0.25) is 0 Å². The van der Waals surface area contributed by atoms with Gasteiger partial charge in [0.05, 0.1) is 0 Å². The highest BCUT2D eigenvalue weighted by molar-refractivity contribution is 5.21. The van der Waals surface area contributed by atoms with E-state index >= 15 is 0 Å². The van der Waals surface area contributed by atoms with Crippen LogP contribution in [-0.4, -0.2) is 0 Å². The number of rotatable bonds is 0. The van der Waals surface area contributed by atoms with Gasteiger partial charge in [0, 0.05) is 0 Å². The van der Waals surface area contributed by atoms with E-state index in [9.17, 15) is 0 Å². The molecule has 0 atom stereocenters. The maximum atomic E-state index is 2.36. The van der Waals surface area contributed by atoms with Crippen molar-refractivity contribution in [2.75, 3.05) is 0 Å². The molecule has 10 heavy (non-hydrogen) atoms. The highest BCUT2D eigenvalue weighted by Crippen LogP contribution is 2.44. The quantitative estimate of drug-likeness (QED) is 0.447. The van der Waals surface area contributed by atoms with Crippen LogP contribution >= 0.6 is 0 Å². The third-order valence-corrected chi connectivity index (χ3v) is 2.80. The number of hydrogen-bond donors (Lipinski definition) is 0. The Hall–Kier alpha value is -0.520. The minimum atomic E-state index is 0.522. The Kier molecular flexibility index (Phi) is 1.08. The molecular weight excluding hydrogens is 120 g/mol. The average Bonchev–Trinajstić information content (AvgIpc) is 1.87. The lowest BCUT2D eigenvalue weighted by Crippen LogP contribution is -2.30. The zero-order chi connectivity index (χ0) is 7.19. The van der Waals surface area contributed by atoms with Crippen LogP contribution in [0.5, 0.6) is 0 Å². The molecule has 0 aromatic heterocycles. The van der Waals surface area contributed by atoms with Crippen LogP contribution in [0.25, 0.3) is 0 Å². The van der Waals surface area contributed by atoms with Gasteiger partial charge in [-0.3, -0.25) is 0 Å². The van der Waals surface area contributed by atoms with Gasteiger partial charge in [-0.25, -0.2) is 0 Å². The molecule has 2 bridgehead atoms. The molecule has 0 saturated heterocycles. The van der Waals surface area contributed by atoms with Gasteiger partial charge in [-0.1, -0.05) is 38.2 Å². The van der Waals surface area contributed by atoms with Crippen LogP contribution in [-0.2, 0) is 0 Å². The van der Waals surface area contributed by atoms with Gasteiger partial charge in [0.1, 0.15) is 0 Å². The summed E-state index contributed by atoms with van der Waals surface area (Å²) < 4.78 is 0. The molecule has 0 heteroatoms. The van der Waals surface area contributed by atoms with Crippen LogP contribution in [0.3, 0.4) is 0 Å². The molecule has 54 valence electrons. The SMILES string of the molecule is CC1(C)CC2C=CC1C=C2.